The minimum atomic E-state index is -1.08. The number of alkyl carbamates (subject to hydrolysis) is 1. The van der Waals surface area contributed by atoms with Gasteiger partial charge in [-0.2, -0.15) is 0 Å². The molecule has 2 N–H and O–H groups in total. The molecule has 43 heavy (non-hydrogen) atoms. The van der Waals surface area contributed by atoms with E-state index < -0.39 is 58.0 Å². The summed E-state index contributed by atoms with van der Waals surface area (Å²) in [6, 6.07) is 11.6. The van der Waals surface area contributed by atoms with Crippen LogP contribution < -0.4 is 15.5 Å². The number of carbonyl (C=O) groups is 4. The molecule has 2 heterocycles. The second kappa shape index (κ2) is 11.2. The number of likely N-dealkylation sites (tertiary alicyclic amines) is 1. The Hall–Kier alpha value is -4.74. The average molecular weight is 592 g/mol. The molecule has 2 aliphatic rings. The predicted molar refractivity (Wildman–Crippen MR) is 160 cm³/mol. The van der Waals surface area contributed by atoms with Crippen LogP contribution in [0.5, 0.6) is 0 Å². The number of carbonyl (C=O) groups excluding carboxylic acids is 4. The molecule has 3 atom stereocenters. The van der Waals surface area contributed by atoms with Crippen molar-refractivity contribution in [1.29, 1.82) is 0 Å². The molecule has 2 aromatic rings. The zero-order valence-electron chi connectivity index (χ0n) is 25.2. The van der Waals surface area contributed by atoms with Gasteiger partial charge in [-0.15, -0.1) is 6.58 Å². The minimum absolute atomic E-state index is 0.133. The number of nitrogens with zero attached hydrogens (tertiary/aromatic N) is 3. The second-order valence-corrected chi connectivity index (χ2v) is 12.3. The third-order valence-electron chi connectivity index (χ3n) is 8.16. The van der Waals surface area contributed by atoms with Crippen LogP contribution >= 0.6 is 0 Å². The van der Waals surface area contributed by atoms with E-state index in [2.05, 4.69) is 17.2 Å². The van der Waals surface area contributed by atoms with Gasteiger partial charge in [-0.3, -0.25) is 29.4 Å². The highest BCUT2D eigenvalue weighted by Crippen LogP contribution is 2.62. The van der Waals surface area contributed by atoms with Gasteiger partial charge in [-0.25, -0.2) is 4.79 Å². The minimum Gasteiger partial charge on any atom is -0.444 e. The van der Waals surface area contributed by atoms with Gasteiger partial charge in [0.2, 0.25) is 17.7 Å². The molecule has 2 aromatic carbocycles. The Morgan fingerprint density at radius 3 is 2.28 bits per heavy atom. The Balaban J connectivity index is 1.81. The number of fused-ring (bicyclic) bond motifs is 3. The molecule has 4 rings (SSSR count). The Morgan fingerprint density at radius 1 is 1.09 bits per heavy atom. The molecule has 0 radical (unpaired) electrons. The van der Waals surface area contributed by atoms with Gasteiger partial charge < -0.3 is 20.3 Å². The molecule has 4 amide bonds. The maximum Gasteiger partial charge on any atom is 0.408 e. The van der Waals surface area contributed by atoms with E-state index in [1.54, 1.807) is 32.9 Å². The number of nitro groups is 1. The molecule has 1 fully saturated rings. The number of nitrogens with one attached hydrogen (secondary N) is 2. The van der Waals surface area contributed by atoms with Crippen molar-refractivity contribution < 1.29 is 28.8 Å². The van der Waals surface area contributed by atoms with Crippen molar-refractivity contribution in [2.45, 2.75) is 71.2 Å². The summed E-state index contributed by atoms with van der Waals surface area (Å²) in [4.78, 5) is 67.2. The van der Waals surface area contributed by atoms with Crippen LogP contribution in [0.25, 0.3) is 0 Å². The SMILES string of the molecule is C=CC(C)(C)[C@@]12C[C@H](C(=O)Nc3ccc([N+](=O)[O-])cc3)N(C(=O)CNC(=O)OC(C)(C)C)[C@@H]1N(C(C)=O)c1ccccc12. The first-order valence-corrected chi connectivity index (χ1v) is 13.9. The number of non-ortho nitro benzene ring substituents is 1. The molecule has 0 aliphatic carbocycles. The number of amides is 4. The summed E-state index contributed by atoms with van der Waals surface area (Å²) >= 11 is 0. The number of para-hydroxylation sites is 1. The van der Waals surface area contributed by atoms with E-state index in [1.807, 2.05) is 32.0 Å². The average Bonchev–Trinajstić information content (AvgIpc) is 3.43. The first-order valence-electron chi connectivity index (χ1n) is 13.9. The summed E-state index contributed by atoms with van der Waals surface area (Å²) in [7, 11) is 0. The van der Waals surface area contributed by atoms with Crippen LogP contribution in [0.1, 0.15) is 53.5 Å². The molecular formula is C31H37N5O7. The van der Waals surface area contributed by atoms with Crippen molar-refractivity contribution in [3.63, 3.8) is 0 Å². The highest BCUT2D eigenvalue weighted by Gasteiger charge is 2.68. The fourth-order valence-electron chi connectivity index (χ4n) is 6.14. The van der Waals surface area contributed by atoms with Crippen molar-refractivity contribution in [3.05, 3.63) is 76.9 Å². The maximum atomic E-state index is 14.1. The number of nitro benzene ring substituents is 1. The molecular weight excluding hydrogens is 554 g/mol. The number of ether oxygens (including phenoxy) is 1. The fraction of sp³-hybridized carbons (Fsp3) is 0.419. The van der Waals surface area contributed by atoms with Gasteiger partial charge in [0.25, 0.3) is 5.69 Å². The van der Waals surface area contributed by atoms with E-state index in [0.29, 0.717) is 11.4 Å². The van der Waals surface area contributed by atoms with Crippen molar-refractivity contribution in [2.24, 2.45) is 5.41 Å². The quantitative estimate of drug-likeness (QED) is 0.273. The lowest BCUT2D eigenvalue weighted by Crippen LogP contribution is -2.60. The first kappa shape index (κ1) is 31.2. The van der Waals surface area contributed by atoms with Crippen LogP contribution in [0.15, 0.2) is 61.2 Å². The molecule has 0 unspecified atom stereocenters. The number of anilines is 2. The molecule has 12 heteroatoms. The van der Waals surface area contributed by atoms with E-state index in [0.717, 1.165) is 5.56 Å². The molecule has 0 spiro atoms. The summed E-state index contributed by atoms with van der Waals surface area (Å²) in [5.74, 6) is -1.47. The summed E-state index contributed by atoms with van der Waals surface area (Å²) in [6.45, 7) is 14.0. The number of hydrogen-bond acceptors (Lipinski definition) is 7. The van der Waals surface area contributed by atoms with E-state index in [1.165, 1.54) is 41.0 Å². The topological polar surface area (TPSA) is 151 Å². The lowest BCUT2D eigenvalue weighted by Gasteiger charge is -2.45. The fourth-order valence-corrected chi connectivity index (χ4v) is 6.14. The Bertz CT molecular complexity index is 1480. The highest BCUT2D eigenvalue weighted by molar-refractivity contribution is 6.02. The molecule has 0 bridgehead atoms. The van der Waals surface area contributed by atoms with Gasteiger partial charge in [0.15, 0.2) is 0 Å². The van der Waals surface area contributed by atoms with Crippen LogP contribution in [0.4, 0.5) is 21.9 Å². The predicted octanol–water partition coefficient (Wildman–Crippen LogP) is 4.50. The summed E-state index contributed by atoms with van der Waals surface area (Å²) in [5, 5.41) is 16.4. The zero-order valence-corrected chi connectivity index (χ0v) is 25.2. The molecule has 228 valence electrons. The van der Waals surface area contributed by atoms with Gasteiger partial charge in [0.05, 0.1) is 4.92 Å². The highest BCUT2D eigenvalue weighted by atomic mass is 16.6. The van der Waals surface area contributed by atoms with E-state index in [4.69, 9.17) is 4.74 Å². The van der Waals surface area contributed by atoms with E-state index >= 15 is 0 Å². The van der Waals surface area contributed by atoms with Crippen LogP contribution in [0, 0.1) is 15.5 Å². The third-order valence-corrected chi connectivity index (χ3v) is 8.16. The van der Waals surface area contributed by atoms with Gasteiger partial charge >= 0.3 is 6.09 Å². The number of rotatable bonds is 7. The monoisotopic (exact) mass is 591 g/mol. The lowest BCUT2D eigenvalue weighted by molar-refractivity contribution is -0.384. The van der Waals surface area contributed by atoms with Gasteiger partial charge in [0.1, 0.15) is 24.4 Å². The second-order valence-electron chi connectivity index (χ2n) is 12.3. The normalized spacial score (nSPS) is 21.0. The summed E-state index contributed by atoms with van der Waals surface area (Å²) < 4.78 is 5.29. The maximum absolute atomic E-state index is 14.1. The number of hydrogen-bond donors (Lipinski definition) is 2. The Labute approximate surface area is 250 Å². The molecule has 2 aliphatic heterocycles. The van der Waals surface area contributed by atoms with Crippen molar-refractivity contribution in [1.82, 2.24) is 10.2 Å². The van der Waals surface area contributed by atoms with Gasteiger partial charge in [-0.05, 0) is 56.4 Å². The van der Waals surface area contributed by atoms with Crippen LogP contribution in [-0.4, -0.2) is 58.0 Å². The standard InChI is InChI=1S/C31H37N5O7/c1-8-30(6,7)31-17-24(26(39)33-20-13-15-21(16-14-20)36(41)42)35(25(38)18-32-28(40)43-29(3,4)5)27(31)34(19(2)37)23-12-10-9-11-22(23)31/h8-16,24,27H,1,17-18H2,2-7H3,(H,32,40)(H,33,39)/t24-,27+,31-/m1/s1. The van der Waals surface area contributed by atoms with Crippen molar-refractivity contribution in [3.8, 4) is 0 Å². The Kier molecular flexibility index (Phi) is 8.10. The van der Waals surface area contributed by atoms with E-state index in [-0.39, 0.29) is 18.0 Å². The van der Waals surface area contributed by atoms with Gasteiger partial charge in [-0.1, -0.05) is 38.1 Å². The smallest absolute Gasteiger partial charge is 0.408 e. The van der Waals surface area contributed by atoms with Gasteiger partial charge in [0, 0.05) is 35.8 Å². The third kappa shape index (κ3) is 5.56. The van der Waals surface area contributed by atoms with Crippen LogP contribution in [-0.2, 0) is 24.5 Å². The summed E-state index contributed by atoms with van der Waals surface area (Å²) in [6.07, 6.45) is 0.173. The van der Waals surface area contributed by atoms with Crippen molar-refractivity contribution >= 4 is 40.9 Å². The lowest BCUT2D eigenvalue weighted by atomic mass is 9.60. The molecule has 1 saturated heterocycles. The summed E-state index contributed by atoms with van der Waals surface area (Å²) in [5.41, 5.74) is -0.888. The van der Waals surface area contributed by atoms with E-state index in [9.17, 15) is 29.3 Å². The van der Waals surface area contributed by atoms with Crippen LogP contribution in [0.2, 0.25) is 0 Å². The number of benzene rings is 2. The largest absolute Gasteiger partial charge is 0.444 e. The zero-order chi connectivity index (χ0) is 31.9. The first-order chi connectivity index (χ1) is 20.0. The van der Waals surface area contributed by atoms with Crippen molar-refractivity contribution in [2.75, 3.05) is 16.8 Å². The Morgan fingerprint density at radius 2 is 1.72 bits per heavy atom. The molecule has 0 aromatic heterocycles. The number of allylic oxidation sites excluding steroid dienone is 1. The van der Waals surface area contributed by atoms with Crippen LogP contribution in [0.3, 0.4) is 0 Å². The molecule has 12 nitrogen and oxygen atoms in total. The molecule has 0 saturated carbocycles.